The number of ether oxygens (including phenoxy) is 1. The van der Waals surface area contributed by atoms with E-state index in [4.69, 9.17) is 4.74 Å². The molecular formula is C44H32O. The molecule has 4 aliphatic rings. The highest BCUT2D eigenvalue weighted by Gasteiger charge is 2.39. The monoisotopic (exact) mass is 576 g/mol. The van der Waals surface area contributed by atoms with Crippen molar-refractivity contribution in [2.45, 2.75) is 12.8 Å². The summed E-state index contributed by atoms with van der Waals surface area (Å²) in [6.07, 6.45) is 14.1. The quantitative estimate of drug-likeness (QED) is 0.207. The molecule has 1 heterocycles. The standard InChI is InChI=1S/C44H32O/c1-2-10-29(11-3-1)30-12-6-13-31(24-30)32-14-7-15-33(25-32)34-16-8-17-35(26-34)36-22-23-38-37(27-36)28-43-44-40(38)19-9-20-41(44)39-18-4-5-21-42(39)45-43/h1-8,10-18,20-28,38,40H,9,19H2. The highest BCUT2D eigenvalue weighted by molar-refractivity contribution is 5.88. The molecule has 0 aromatic heterocycles. The molecule has 0 amide bonds. The average molecular weight is 577 g/mol. The maximum absolute atomic E-state index is 6.53. The molecule has 0 N–H and O–H groups in total. The number of allylic oxidation sites excluding steroid dienone is 9. The molecule has 1 aliphatic heterocycles. The van der Waals surface area contributed by atoms with Crippen LogP contribution in [0.2, 0.25) is 0 Å². The predicted molar refractivity (Wildman–Crippen MR) is 186 cm³/mol. The summed E-state index contributed by atoms with van der Waals surface area (Å²) >= 11 is 0. The van der Waals surface area contributed by atoms with Crippen LogP contribution in [-0.4, -0.2) is 0 Å². The SMILES string of the molecule is C1=CC2C(=CC3=C4C(=CCCC42)c2ccccc2O3)C=C1c1cccc(-c2cccc(-c3cccc(-c4ccccc4)c3)c2)c1. The molecule has 0 fully saturated rings. The number of para-hydroxylation sites is 1. The summed E-state index contributed by atoms with van der Waals surface area (Å²) in [4.78, 5) is 0. The van der Waals surface area contributed by atoms with E-state index in [0.29, 0.717) is 11.8 Å². The fourth-order valence-corrected chi connectivity index (χ4v) is 7.59. The van der Waals surface area contributed by atoms with Crippen molar-refractivity contribution in [3.63, 3.8) is 0 Å². The predicted octanol–water partition coefficient (Wildman–Crippen LogP) is 11.3. The topological polar surface area (TPSA) is 9.23 Å². The van der Waals surface area contributed by atoms with Crippen molar-refractivity contribution < 1.29 is 4.74 Å². The van der Waals surface area contributed by atoms with Crippen LogP contribution in [0.25, 0.3) is 44.5 Å². The Kier molecular flexibility index (Phi) is 6.16. The fraction of sp³-hybridized carbons (Fsp3) is 0.0909. The first kappa shape index (κ1) is 26.0. The number of rotatable bonds is 4. The molecule has 0 saturated carbocycles. The lowest BCUT2D eigenvalue weighted by atomic mass is 9.66. The van der Waals surface area contributed by atoms with Gasteiger partial charge in [-0.3, -0.25) is 0 Å². The van der Waals surface area contributed by atoms with Crippen LogP contribution in [-0.2, 0) is 0 Å². The molecule has 9 rings (SSSR count). The summed E-state index contributed by atoms with van der Waals surface area (Å²) in [5.41, 5.74) is 15.2. The maximum Gasteiger partial charge on any atom is 0.135 e. The van der Waals surface area contributed by atoms with Crippen LogP contribution in [0.1, 0.15) is 24.0 Å². The Morgan fingerprint density at radius 1 is 0.556 bits per heavy atom. The lowest BCUT2D eigenvalue weighted by molar-refractivity contribution is 0.383. The van der Waals surface area contributed by atoms with Crippen LogP contribution in [0, 0.1) is 11.8 Å². The first-order valence-corrected chi connectivity index (χ1v) is 16.0. The van der Waals surface area contributed by atoms with Gasteiger partial charge in [-0.15, -0.1) is 0 Å². The number of fused-ring (bicyclic) bond motifs is 4. The van der Waals surface area contributed by atoms with Crippen molar-refractivity contribution in [1.82, 2.24) is 0 Å². The zero-order chi connectivity index (χ0) is 29.7. The molecule has 2 unspecified atom stereocenters. The second-order valence-electron chi connectivity index (χ2n) is 12.4. The van der Waals surface area contributed by atoms with Crippen molar-refractivity contribution in [3.8, 4) is 39.1 Å². The van der Waals surface area contributed by atoms with Gasteiger partial charge >= 0.3 is 0 Å². The van der Waals surface area contributed by atoms with Crippen LogP contribution in [0.15, 0.2) is 175 Å². The second kappa shape index (κ2) is 10.6. The summed E-state index contributed by atoms with van der Waals surface area (Å²) in [5.74, 6) is 2.84. The minimum absolute atomic E-state index is 0.386. The van der Waals surface area contributed by atoms with E-state index >= 15 is 0 Å². The third-order valence-corrected chi connectivity index (χ3v) is 9.77. The molecule has 214 valence electrons. The summed E-state index contributed by atoms with van der Waals surface area (Å²) < 4.78 is 6.53. The van der Waals surface area contributed by atoms with Crippen molar-refractivity contribution in [2.24, 2.45) is 11.8 Å². The molecule has 1 heteroatoms. The molecule has 1 nitrogen and oxygen atoms in total. The highest BCUT2D eigenvalue weighted by Crippen LogP contribution is 2.53. The molecule has 3 aliphatic carbocycles. The third kappa shape index (κ3) is 4.55. The molecule has 5 aromatic rings. The van der Waals surface area contributed by atoms with Gasteiger partial charge in [0, 0.05) is 17.1 Å². The van der Waals surface area contributed by atoms with Crippen molar-refractivity contribution in [2.75, 3.05) is 0 Å². The zero-order valence-electron chi connectivity index (χ0n) is 25.0. The van der Waals surface area contributed by atoms with Crippen LogP contribution in [0.3, 0.4) is 0 Å². The Hall–Kier alpha value is -5.40. The van der Waals surface area contributed by atoms with Gasteiger partial charge in [-0.1, -0.05) is 127 Å². The summed E-state index contributed by atoms with van der Waals surface area (Å²) in [7, 11) is 0. The number of benzene rings is 5. The first-order valence-electron chi connectivity index (χ1n) is 16.0. The third-order valence-electron chi connectivity index (χ3n) is 9.77. The van der Waals surface area contributed by atoms with Crippen molar-refractivity contribution in [1.29, 1.82) is 0 Å². The van der Waals surface area contributed by atoms with E-state index in [0.717, 1.165) is 24.4 Å². The summed E-state index contributed by atoms with van der Waals surface area (Å²) in [5, 5.41) is 0. The smallest absolute Gasteiger partial charge is 0.135 e. The van der Waals surface area contributed by atoms with Gasteiger partial charge in [0.15, 0.2) is 0 Å². The molecule has 5 aromatic carbocycles. The van der Waals surface area contributed by atoms with E-state index in [9.17, 15) is 0 Å². The summed E-state index contributed by atoms with van der Waals surface area (Å²) in [6.45, 7) is 0. The van der Waals surface area contributed by atoms with E-state index in [1.807, 2.05) is 0 Å². The molecule has 0 bridgehead atoms. The van der Waals surface area contributed by atoms with Crippen molar-refractivity contribution >= 4 is 11.1 Å². The van der Waals surface area contributed by atoms with E-state index in [2.05, 4.69) is 158 Å². The van der Waals surface area contributed by atoms with Gasteiger partial charge in [0.1, 0.15) is 11.5 Å². The average Bonchev–Trinajstić information content (AvgIpc) is 3.12. The van der Waals surface area contributed by atoms with Crippen LogP contribution in [0.5, 0.6) is 5.75 Å². The minimum atomic E-state index is 0.386. The Labute approximate surface area is 264 Å². The first-order chi connectivity index (χ1) is 22.3. The molecule has 0 saturated heterocycles. The van der Waals surface area contributed by atoms with E-state index in [1.54, 1.807) is 0 Å². The van der Waals surface area contributed by atoms with Gasteiger partial charge in [0.2, 0.25) is 0 Å². The van der Waals surface area contributed by atoms with E-state index < -0.39 is 0 Å². The second-order valence-corrected chi connectivity index (χ2v) is 12.4. The van der Waals surface area contributed by atoms with Gasteiger partial charge < -0.3 is 4.74 Å². The Morgan fingerprint density at radius 2 is 1.16 bits per heavy atom. The lowest BCUT2D eigenvalue weighted by Crippen LogP contribution is -2.28. The lowest BCUT2D eigenvalue weighted by Gasteiger charge is -2.40. The normalized spacial score (nSPS) is 19.3. The largest absolute Gasteiger partial charge is 0.456 e. The van der Waals surface area contributed by atoms with E-state index in [1.165, 1.54) is 66.8 Å². The molecule has 0 radical (unpaired) electrons. The highest BCUT2D eigenvalue weighted by atomic mass is 16.5. The van der Waals surface area contributed by atoms with Crippen molar-refractivity contribution in [3.05, 3.63) is 186 Å². The van der Waals surface area contributed by atoms with Gasteiger partial charge in [-0.25, -0.2) is 0 Å². The molecule has 45 heavy (non-hydrogen) atoms. The Balaban J connectivity index is 1.04. The van der Waals surface area contributed by atoms with Gasteiger partial charge in [0.05, 0.1) is 0 Å². The Bertz CT molecular complexity index is 2140. The van der Waals surface area contributed by atoms with Gasteiger partial charge in [-0.05, 0) is 105 Å². The Morgan fingerprint density at radius 3 is 1.89 bits per heavy atom. The van der Waals surface area contributed by atoms with E-state index in [-0.39, 0.29) is 0 Å². The molecule has 0 spiro atoms. The number of hydrogen-bond acceptors (Lipinski definition) is 1. The van der Waals surface area contributed by atoms with Crippen LogP contribution in [0.4, 0.5) is 0 Å². The fourth-order valence-electron chi connectivity index (χ4n) is 7.59. The summed E-state index contributed by atoms with van der Waals surface area (Å²) in [6, 6.07) is 45.8. The maximum atomic E-state index is 6.53. The minimum Gasteiger partial charge on any atom is -0.456 e. The zero-order valence-corrected chi connectivity index (χ0v) is 25.0. The van der Waals surface area contributed by atoms with Gasteiger partial charge in [0.25, 0.3) is 0 Å². The molecule has 2 atom stereocenters. The van der Waals surface area contributed by atoms with Gasteiger partial charge in [-0.2, -0.15) is 0 Å². The number of hydrogen-bond donors (Lipinski definition) is 0. The van der Waals surface area contributed by atoms with Crippen LogP contribution < -0.4 is 4.74 Å². The van der Waals surface area contributed by atoms with Crippen LogP contribution >= 0.6 is 0 Å². The molecular weight excluding hydrogens is 544 g/mol.